The molecular formula is C22H18N2O4S. The fourth-order valence-corrected chi connectivity index (χ4v) is 4.69. The molecule has 1 aliphatic rings. The van der Waals surface area contributed by atoms with Crippen molar-refractivity contribution in [1.29, 1.82) is 0 Å². The van der Waals surface area contributed by atoms with Gasteiger partial charge in [-0.2, -0.15) is 0 Å². The van der Waals surface area contributed by atoms with E-state index < -0.39 is 10.0 Å². The number of carbonyl (C=O) groups is 3. The highest BCUT2D eigenvalue weighted by atomic mass is 32.3. The van der Waals surface area contributed by atoms with Crippen molar-refractivity contribution in [2.24, 2.45) is 0 Å². The van der Waals surface area contributed by atoms with Gasteiger partial charge in [0.05, 0.1) is 5.56 Å². The zero-order valence-corrected chi connectivity index (χ0v) is 16.3. The van der Waals surface area contributed by atoms with Gasteiger partial charge in [-0.25, -0.2) is 0 Å². The van der Waals surface area contributed by atoms with Crippen LogP contribution in [0.15, 0.2) is 65.4 Å². The van der Waals surface area contributed by atoms with Gasteiger partial charge in [-0.1, -0.05) is 36.4 Å². The SMILES string of the molecule is CS1(C(=O)Nc2cccc(C(=O)c3ccc4c(C=O)c(O)[nH]c4c3)c2)C=CC=C1. The second kappa shape index (κ2) is 7.10. The number of anilines is 1. The van der Waals surface area contributed by atoms with E-state index in [2.05, 4.69) is 10.3 Å². The van der Waals surface area contributed by atoms with E-state index in [1.807, 2.05) is 29.2 Å². The lowest BCUT2D eigenvalue weighted by atomic mass is 10.0. The van der Waals surface area contributed by atoms with Crippen molar-refractivity contribution in [3.05, 3.63) is 82.1 Å². The molecule has 6 nitrogen and oxygen atoms in total. The van der Waals surface area contributed by atoms with E-state index in [9.17, 15) is 19.5 Å². The molecule has 0 bridgehead atoms. The fourth-order valence-electron chi connectivity index (χ4n) is 3.18. The maximum atomic E-state index is 12.9. The Hall–Kier alpha value is -3.58. The first-order valence-corrected chi connectivity index (χ1v) is 11.0. The molecule has 1 aliphatic heterocycles. The number of aldehydes is 1. The second-order valence-corrected chi connectivity index (χ2v) is 9.80. The van der Waals surface area contributed by atoms with Crippen LogP contribution in [0, 0.1) is 0 Å². The van der Waals surface area contributed by atoms with Gasteiger partial charge in [0, 0.05) is 27.7 Å². The van der Waals surface area contributed by atoms with Crippen LogP contribution in [0.4, 0.5) is 10.5 Å². The summed E-state index contributed by atoms with van der Waals surface area (Å²) in [7, 11) is -1.65. The summed E-state index contributed by atoms with van der Waals surface area (Å²) < 4.78 is 0. The molecule has 4 rings (SSSR count). The zero-order chi connectivity index (χ0) is 20.6. The Kier molecular flexibility index (Phi) is 4.60. The Morgan fingerprint density at radius 1 is 1.07 bits per heavy atom. The molecular weight excluding hydrogens is 388 g/mol. The van der Waals surface area contributed by atoms with Crippen LogP contribution in [-0.4, -0.2) is 33.7 Å². The van der Waals surface area contributed by atoms with Crippen LogP contribution < -0.4 is 5.32 Å². The molecule has 3 aromatic rings. The number of fused-ring (bicyclic) bond motifs is 1. The smallest absolute Gasteiger partial charge is 0.272 e. The van der Waals surface area contributed by atoms with E-state index in [0.717, 1.165) is 0 Å². The predicted molar refractivity (Wildman–Crippen MR) is 116 cm³/mol. The third-order valence-electron chi connectivity index (χ3n) is 4.80. The van der Waals surface area contributed by atoms with E-state index >= 15 is 0 Å². The summed E-state index contributed by atoms with van der Waals surface area (Å²) in [6, 6.07) is 11.6. The van der Waals surface area contributed by atoms with Crippen LogP contribution in [0.3, 0.4) is 0 Å². The summed E-state index contributed by atoms with van der Waals surface area (Å²) in [6.45, 7) is 0. The molecule has 0 aliphatic carbocycles. The number of hydrogen-bond acceptors (Lipinski definition) is 4. The van der Waals surface area contributed by atoms with E-state index in [1.165, 1.54) is 0 Å². The molecule has 0 spiro atoms. The number of ketones is 1. The van der Waals surface area contributed by atoms with Gasteiger partial charge in [-0.05, 0) is 35.3 Å². The first-order valence-electron chi connectivity index (χ1n) is 8.80. The average Bonchev–Trinajstić information content (AvgIpc) is 3.30. The van der Waals surface area contributed by atoms with Crippen LogP contribution >= 0.6 is 10.0 Å². The number of rotatable bonds is 4. The Balaban J connectivity index is 1.61. The Morgan fingerprint density at radius 3 is 2.52 bits per heavy atom. The largest absolute Gasteiger partial charge is 0.494 e. The van der Waals surface area contributed by atoms with E-state index in [4.69, 9.17) is 0 Å². The van der Waals surface area contributed by atoms with Gasteiger partial charge >= 0.3 is 0 Å². The Labute approximate surface area is 168 Å². The predicted octanol–water partition coefficient (Wildman–Crippen LogP) is 4.92. The summed E-state index contributed by atoms with van der Waals surface area (Å²) in [4.78, 5) is 39.3. The summed E-state index contributed by atoms with van der Waals surface area (Å²) in [5, 5.41) is 16.9. The number of nitrogens with one attached hydrogen (secondary N) is 2. The van der Waals surface area contributed by atoms with Crippen molar-refractivity contribution < 1.29 is 19.5 Å². The van der Waals surface area contributed by atoms with Crippen LogP contribution in [0.5, 0.6) is 5.88 Å². The lowest BCUT2D eigenvalue weighted by molar-refractivity contribution is 0.103. The Morgan fingerprint density at radius 2 is 1.79 bits per heavy atom. The minimum Gasteiger partial charge on any atom is -0.494 e. The highest BCUT2D eigenvalue weighted by Gasteiger charge is 2.24. The first kappa shape index (κ1) is 18.8. The molecule has 0 atom stereocenters. The maximum absolute atomic E-state index is 12.9. The van der Waals surface area contributed by atoms with Crippen LogP contribution in [0.1, 0.15) is 26.3 Å². The minimum absolute atomic E-state index is 0.100. The maximum Gasteiger partial charge on any atom is 0.272 e. The number of aromatic hydroxyl groups is 1. The number of H-pyrrole nitrogens is 1. The highest BCUT2D eigenvalue weighted by Crippen LogP contribution is 2.51. The Bertz CT molecular complexity index is 1210. The first-order chi connectivity index (χ1) is 13.9. The molecule has 0 saturated carbocycles. The van der Waals surface area contributed by atoms with Gasteiger partial charge < -0.3 is 15.4 Å². The molecule has 146 valence electrons. The summed E-state index contributed by atoms with van der Waals surface area (Å²) in [5.74, 6) is -0.459. The van der Waals surface area contributed by atoms with Gasteiger partial charge in [0.15, 0.2) is 17.9 Å². The molecule has 0 radical (unpaired) electrons. The monoisotopic (exact) mass is 406 g/mol. The number of amides is 1. The number of benzene rings is 2. The van der Waals surface area contributed by atoms with Crippen molar-refractivity contribution in [2.45, 2.75) is 0 Å². The molecule has 0 saturated heterocycles. The van der Waals surface area contributed by atoms with E-state index in [0.29, 0.717) is 34.0 Å². The van der Waals surface area contributed by atoms with Gasteiger partial charge in [-0.3, -0.25) is 14.4 Å². The van der Waals surface area contributed by atoms with Crippen LogP contribution in [0.2, 0.25) is 0 Å². The van der Waals surface area contributed by atoms with E-state index in [1.54, 1.807) is 42.5 Å². The van der Waals surface area contributed by atoms with Crippen LogP contribution in [-0.2, 0) is 0 Å². The molecule has 29 heavy (non-hydrogen) atoms. The van der Waals surface area contributed by atoms with Crippen molar-refractivity contribution in [3.8, 4) is 5.88 Å². The number of aromatic nitrogens is 1. The fraction of sp³-hybridized carbons (Fsp3) is 0.0455. The third-order valence-corrected chi connectivity index (χ3v) is 7.15. The molecule has 3 N–H and O–H groups in total. The van der Waals surface area contributed by atoms with Gasteiger partial charge in [0.25, 0.3) is 5.24 Å². The zero-order valence-electron chi connectivity index (χ0n) is 15.5. The second-order valence-electron chi connectivity index (χ2n) is 6.79. The number of carbonyl (C=O) groups excluding carboxylic acids is 3. The minimum atomic E-state index is -1.65. The van der Waals surface area contributed by atoms with Gasteiger partial charge in [0.2, 0.25) is 0 Å². The molecule has 1 aromatic heterocycles. The lowest BCUT2D eigenvalue weighted by Gasteiger charge is -2.24. The molecule has 2 heterocycles. The highest BCUT2D eigenvalue weighted by molar-refractivity contribution is 8.49. The number of allylic oxidation sites excluding steroid dienone is 2. The normalized spacial score (nSPS) is 15.3. The third kappa shape index (κ3) is 3.36. The van der Waals surface area contributed by atoms with E-state index in [-0.39, 0.29) is 22.5 Å². The summed E-state index contributed by atoms with van der Waals surface area (Å²) in [6.07, 6.45) is 6.18. The summed E-state index contributed by atoms with van der Waals surface area (Å²) in [5.41, 5.74) is 2.03. The quantitative estimate of drug-likeness (QED) is 0.423. The van der Waals surface area contributed by atoms with Gasteiger partial charge in [-0.15, -0.1) is 10.0 Å². The standard InChI is InChI=1S/C22H18N2O4S/c1-29(9-2-3-10-29)22(28)23-16-6-4-5-14(11-16)20(26)15-7-8-17-18(13-25)21(27)24-19(17)12-15/h2-13,24,27H,1H3,(H,23,28). The van der Waals surface area contributed by atoms with Gasteiger partial charge in [0.1, 0.15) is 0 Å². The molecule has 2 aromatic carbocycles. The molecule has 0 unspecified atom stereocenters. The lowest BCUT2D eigenvalue weighted by Crippen LogP contribution is -2.14. The average molecular weight is 406 g/mol. The van der Waals surface area contributed by atoms with Crippen molar-refractivity contribution in [2.75, 3.05) is 11.6 Å². The van der Waals surface area contributed by atoms with Crippen molar-refractivity contribution >= 4 is 43.9 Å². The van der Waals surface area contributed by atoms with Crippen molar-refractivity contribution in [3.63, 3.8) is 0 Å². The molecule has 1 amide bonds. The topological polar surface area (TPSA) is 99.3 Å². The number of aromatic amines is 1. The van der Waals surface area contributed by atoms with Crippen molar-refractivity contribution in [1.82, 2.24) is 4.98 Å². The molecule has 0 fully saturated rings. The van der Waals surface area contributed by atoms with Crippen LogP contribution in [0.25, 0.3) is 10.9 Å². The summed E-state index contributed by atoms with van der Waals surface area (Å²) >= 11 is 0. The molecule has 7 heteroatoms. The number of hydrogen-bond donors (Lipinski definition) is 3.